The largest absolute Gasteiger partial charge is 0.497 e. The highest BCUT2D eigenvalue weighted by atomic mass is 35.5. The van der Waals surface area contributed by atoms with Gasteiger partial charge in [0.1, 0.15) is 11.5 Å². The molecular formula is C23H22ClNO4. The Morgan fingerprint density at radius 2 is 1.76 bits per heavy atom. The molecule has 0 aromatic heterocycles. The fraction of sp³-hybridized carbons (Fsp3) is 0.304. The Balaban J connectivity index is 1.88. The van der Waals surface area contributed by atoms with Crippen LogP contribution in [-0.2, 0) is 9.59 Å². The number of rotatable bonds is 4. The minimum absolute atomic E-state index is 0.0457. The van der Waals surface area contributed by atoms with E-state index in [0.717, 1.165) is 23.4 Å². The molecule has 1 amide bonds. The summed E-state index contributed by atoms with van der Waals surface area (Å²) in [6, 6.07) is 12.6. The second-order valence-electron chi connectivity index (χ2n) is 7.21. The molecule has 2 aliphatic rings. The average Bonchev–Trinajstić information content (AvgIpc) is 2.73. The van der Waals surface area contributed by atoms with Gasteiger partial charge >= 0.3 is 0 Å². The number of ether oxygens (including phenoxy) is 2. The van der Waals surface area contributed by atoms with Crippen molar-refractivity contribution in [1.29, 1.82) is 0 Å². The molecule has 5 nitrogen and oxygen atoms in total. The van der Waals surface area contributed by atoms with Gasteiger partial charge in [-0.3, -0.25) is 14.5 Å². The zero-order valence-corrected chi connectivity index (χ0v) is 17.2. The van der Waals surface area contributed by atoms with Crippen LogP contribution >= 0.6 is 11.6 Å². The molecule has 0 radical (unpaired) electrons. The summed E-state index contributed by atoms with van der Waals surface area (Å²) in [7, 11) is 3.18. The number of anilines is 1. The Bertz CT molecular complexity index is 996. The molecule has 0 saturated heterocycles. The summed E-state index contributed by atoms with van der Waals surface area (Å²) in [4.78, 5) is 28.0. The van der Waals surface area contributed by atoms with Crippen molar-refractivity contribution in [2.24, 2.45) is 0 Å². The first-order chi connectivity index (χ1) is 14.0. The number of amides is 1. The van der Waals surface area contributed by atoms with Gasteiger partial charge in [0.2, 0.25) is 5.91 Å². The zero-order chi connectivity index (χ0) is 20.5. The average molecular weight is 412 g/mol. The van der Waals surface area contributed by atoms with Gasteiger partial charge in [0.15, 0.2) is 5.78 Å². The third-order valence-corrected chi connectivity index (χ3v) is 5.82. The fourth-order valence-corrected chi connectivity index (χ4v) is 4.39. The van der Waals surface area contributed by atoms with Crippen molar-refractivity contribution in [2.75, 3.05) is 19.1 Å². The lowest BCUT2D eigenvalue weighted by atomic mass is 9.76. The Kier molecular flexibility index (Phi) is 5.33. The van der Waals surface area contributed by atoms with Crippen molar-refractivity contribution in [3.05, 3.63) is 64.3 Å². The maximum absolute atomic E-state index is 13.3. The van der Waals surface area contributed by atoms with Crippen LogP contribution in [0.5, 0.6) is 11.5 Å². The Hall–Kier alpha value is -2.79. The van der Waals surface area contributed by atoms with Crippen LogP contribution in [0.25, 0.3) is 0 Å². The fourth-order valence-electron chi connectivity index (χ4n) is 4.26. The van der Waals surface area contributed by atoms with E-state index in [0.29, 0.717) is 34.9 Å². The Morgan fingerprint density at radius 3 is 2.45 bits per heavy atom. The lowest BCUT2D eigenvalue weighted by Gasteiger charge is -2.38. The molecule has 0 unspecified atom stereocenters. The number of hydrogen-bond acceptors (Lipinski definition) is 4. The number of carbonyl (C=O) groups excluding carboxylic acids is 2. The van der Waals surface area contributed by atoms with Crippen molar-refractivity contribution in [3.8, 4) is 11.5 Å². The molecule has 1 aliphatic carbocycles. The first-order valence-electron chi connectivity index (χ1n) is 9.60. The highest BCUT2D eigenvalue weighted by Crippen LogP contribution is 2.46. The monoisotopic (exact) mass is 411 g/mol. The Morgan fingerprint density at radius 1 is 1.00 bits per heavy atom. The van der Waals surface area contributed by atoms with E-state index in [2.05, 4.69) is 0 Å². The van der Waals surface area contributed by atoms with Crippen molar-refractivity contribution in [3.63, 3.8) is 0 Å². The van der Waals surface area contributed by atoms with Gasteiger partial charge in [-0.25, -0.2) is 0 Å². The molecule has 0 fully saturated rings. The van der Waals surface area contributed by atoms with E-state index in [1.54, 1.807) is 31.3 Å². The molecule has 0 saturated carbocycles. The molecule has 0 bridgehead atoms. The molecule has 150 valence electrons. The maximum Gasteiger partial charge on any atom is 0.232 e. The van der Waals surface area contributed by atoms with Crippen LogP contribution in [0.1, 0.15) is 37.2 Å². The minimum atomic E-state index is -0.348. The third-order valence-electron chi connectivity index (χ3n) is 5.57. The van der Waals surface area contributed by atoms with Crippen LogP contribution in [0.3, 0.4) is 0 Å². The van der Waals surface area contributed by atoms with Gasteiger partial charge in [-0.05, 0) is 55.3 Å². The summed E-state index contributed by atoms with van der Waals surface area (Å²) in [6.45, 7) is 0. The third kappa shape index (κ3) is 3.51. The van der Waals surface area contributed by atoms with Gasteiger partial charge in [0.25, 0.3) is 0 Å². The number of hydrogen-bond donors (Lipinski definition) is 0. The summed E-state index contributed by atoms with van der Waals surface area (Å²) >= 11 is 6.02. The van der Waals surface area contributed by atoms with Gasteiger partial charge < -0.3 is 9.47 Å². The molecule has 6 heteroatoms. The second-order valence-corrected chi connectivity index (χ2v) is 7.64. The molecule has 29 heavy (non-hydrogen) atoms. The van der Waals surface area contributed by atoms with E-state index >= 15 is 0 Å². The van der Waals surface area contributed by atoms with Gasteiger partial charge in [-0.2, -0.15) is 0 Å². The quantitative estimate of drug-likeness (QED) is 0.719. The molecule has 0 spiro atoms. The summed E-state index contributed by atoms with van der Waals surface area (Å²) < 4.78 is 10.9. The van der Waals surface area contributed by atoms with Crippen molar-refractivity contribution >= 4 is 29.0 Å². The molecule has 0 N–H and O–H groups in total. The van der Waals surface area contributed by atoms with Crippen LogP contribution in [0.4, 0.5) is 5.69 Å². The van der Waals surface area contributed by atoms with E-state index in [9.17, 15) is 9.59 Å². The van der Waals surface area contributed by atoms with Gasteiger partial charge in [-0.15, -0.1) is 0 Å². The molecule has 1 aliphatic heterocycles. The standard InChI is InChI=1S/C23H22ClNO4/c1-28-16-10-11-21(29-2)17(12-16)18-13-22(27)25(15-8-6-14(24)7-9-15)19-4-3-5-20(26)23(18)19/h6-12,18H,3-5,13H2,1-2H3/t18-/m1/s1. The van der Waals surface area contributed by atoms with Gasteiger partial charge in [0.05, 0.1) is 14.2 Å². The topological polar surface area (TPSA) is 55.8 Å². The van der Waals surface area contributed by atoms with E-state index in [-0.39, 0.29) is 24.0 Å². The van der Waals surface area contributed by atoms with Crippen LogP contribution in [0, 0.1) is 0 Å². The van der Waals surface area contributed by atoms with E-state index in [1.165, 1.54) is 0 Å². The SMILES string of the molecule is COc1ccc(OC)c([C@H]2CC(=O)N(c3ccc(Cl)cc3)C3=C2C(=O)CCC3)c1. The second kappa shape index (κ2) is 7.91. The van der Waals surface area contributed by atoms with Gasteiger partial charge in [0, 0.05) is 46.3 Å². The number of halogens is 1. The molecule has 4 rings (SSSR count). The summed E-state index contributed by atoms with van der Waals surface area (Å²) in [5.41, 5.74) is 3.03. The minimum Gasteiger partial charge on any atom is -0.497 e. The predicted octanol–water partition coefficient (Wildman–Crippen LogP) is 4.88. The smallest absolute Gasteiger partial charge is 0.232 e. The first-order valence-corrected chi connectivity index (χ1v) is 9.98. The number of methoxy groups -OCH3 is 2. The van der Waals surface area contributed by atoms with E-state index in [1.807, 2.05) is 30.3 Å². The number of Topliss-reactive ketones (excluding diaryl/α,β-unsaturated/α-hetero) is 1. The molecule has 2 aromatic carbocycles. The molecular weight excluding hydrogens is 390 g/mol. The van der Waals surface area contributed by atoms with Crippen molar-refractivity contribution in [1.82, 2.24) is 0 Å². The lowest BCUT2D eigenvalue weighted by molar-refractivity contribution is -0.119. The number of allylic oxidation sites excluding steroid dienone is 2. The maximum atomic E-state index is 13.3. The number of benzene rings is 2. The predicted molar refractivity (Wildman–Crippen MR) is 112 cm³/mol. The van der Waals surface area contributed by atoms with Crippen LogP contribution in [-0.4, -0.2) is 25.9 Å². The first kappa shape index (κ1) is 19.5. The highest BCUT2D eigenvalue weighted by Gasteiger charge is 2.40. The van der Waals surface area contributed by atoms with E-state index < -0.39 is 0 Å². The Labute approximate surface area is 174 Å². The zero-order valence-electron chi connectivity index (χ0n) is 16.4. The van der Waals surface area contributed by atoms with Gasteiger partial charge in [-0.1, -0.05) is 11.6 Å². The van der Waals surface area contributed by atoms with Crippen molar-refractivity contribution in [2.45, 2.75) is 31.6 Å². The normalized spacial score (nSPS) is 19.3. The molecule has 1 atom stereocenters. The summed E-state index contributed by atoms with van der Waals surface area (Å²) in [5, 5.41) is 0.603. The number of nitrogens with zero attached hydrogens (tertiary/aromatic N) is 1. The number of carbonyl (C=O) groups is 2. The summed E-state index contributed by atoms with van der Waals surface area (Å²) in [6.07, 6.45) is 2.09. The molecule has 1 heterocycles. The van der Waals surface area contributed by atoms with E-state index in [4.69, 9.17) is 21.1 Å². The van der Waals surface area contributed by atoms with Crippen LogP contribution in [0.15, 0.2) is 53.7 Å². The van der Waals surface area contributed by atoms with Crippen LogP contribution < -0.4 is 14.4 Å². The molecule has 2 aromatic rings. The summed E-state index contributed by atoms with van der Waals surface area (Å²) in [5.74, 6) is 1.01. The lowest BCUT2D eigenvalue weighted by Crippen LogP contribution is -2.40. The highest BCUT2D eigenvalue weighted by molar-refractivity contribution is 6.30. The van der Waals surface area contributed by atoms with Crippen molar-refractivity contribution < 1.29 is 19.1 Å². The number of ketones is 1. The van der Waals surface area contributed by atoms with Crippen LogP contribution in [0.2, 0.25) is 5.02 Å².